The number of pyridine rings is 1. The minimum Gasteiger partial charge on any atom is -0.444 e. The first-order valence-corrected chi connectivity index (χ1v) is 7.80. The number of nitrogens with zero attached hydrogens (tertiary/aromatic N) is 1. The Kier molecular flexibility index (Phi) is 3.81. The Morgan fingerprint density at radius 3 is 2.82 bits per heavy atom. The number of carbonyl (C=O) groups excluding carboxylic acids is 1. The summed E-state index contributed by atoms with van der Waals surface area (Å²) in [7, 11) is 0. The van der Waals surface area contributed by atoms with Gasteiger partial charge in [-0.25, -0.2) is 9.78 Å². The van der Waals surface area contributed by atoms with E-state index in [1.165, 1.54) is 12.8 Å². The molecule has 1 aromatic rings. The summed E-state index contributed by atoms with van der Waals surface area (Å²) in [6, 6.07) is 4.23. The first kappa shape index (κ1) is 14.9. The molecule has 118 valence electrons. The molecular formula is C17H23N3O2. The lowest BCUT2D eigenvalue weighted by Crippen LogP contribution is -2.43. The minimum absolute atomic E-state index is 0.487. The van der Waals surface area contributed by atoms with Crippen LogP contribution >= 0.6 is 0 Å². The highest BCUT2D eigenvalue weighted by molar-refractivity contribution is 5.83. The molecule has 3 atom stereocenters. The van der Waals surface area contributed by atoms with Crippen molar-refractivity contribution in [2.45, 2.75) is 45.3 Å². The SMILES string of the molecule is CC(C)(C)OC(=O)Nc1ccc(NC2CC3CC=CC32)cn1. The molecule has 0 bridgehead atoms. The normalized spacial score (nSPS) is 26.0. The number of rotatable bonds is 3. The zero-order valence-corrected chi connectivity index (χ0v) is 13.3. The van der Waals surface area contributed by atoms with Crippen molar-refractivity contribution in [3.63, 3.8) is 0 Å². The molecule has 5 nitrogen and oxygen atoms in total. The van der Waals surface area contributed by atoms with Crippen molar-refractivity contribution in [3.8, 4) is 0 Å². The zero-order valence-electron chi connectivity index (χ0n) is 13.3. The van der Waals surface area contributed by atoms with Crippen LogP contribution < -0.4 is 10.6 Å². The third-order valence-corrected chi connectivity index (χ3v) is 4.11. The van der Waals surface area contributed by atoms with E-state index in [1.807, 2.05) is 26.8 Å². The summed E-state index contributed by atoms with van der Waals surface area (Å²) in [5.74, 6) is 1.99. The van der Waals surface area contributed by atoms with E-state index in [-0.39, 0.29) is 0 Å². The Morgan fingerprint density at radius 2 is 2.18 bits per heavy atom. The fourth-order valence-corrected chi connectivity index (χ4v) is 3.06. The van der Waals surface area contributed by atoms with Gasteiger partial charge >= 0.3 is 6.09 Å². The fraction of sp³-hybridized carbons (Fsp3) is 0.529. The van der Waals surface area contributed by atoms with E-state index < -0.39 is 11.7 Å². The molecule has 1 heterocycles. The van der Waals surface area contributed by atoms with Gasteiger partial charge in [0.15, 0.2) is 0 Å². The number of hydrogen-bond donors (Lipinski definition) is 2. The van der Waals surface area contributed by atoms with Gasteiger partial charge in [-0.2, -0.15) is 0 Å². The molecule has 3 unspecified atom stereocenters. The maximum atomic E-state index is 11.7. The fourth-order valence-electron chi connectivity index (χ4n) is 3.06. The van der Waals surface area contributed by atoms with Gasteiger partial charge in [-0.05, 0) is 51.7 Å². The molecule has 5 heteroatoms. The van der Waals surface area contributed by atoms with Crippen LogP contribution in [0.1, 0.15) is 33.6 Å². The molecule has 0 aromatic carbocycles. The Balaban J connectivity index is 1.52. The van der Waals surface area contributed by atoms with Crippen molar-refractivity contribution in [2.24, 2.45) is 11.8 Å². The molecule has 2 aliphatic carbocycles. The summed E-state index contributed by atoms with van der Waals surface area (Å²) in [6.45, 7) is 5.49. The van der Waals surface area contributed by atoms with Crippen molar-refractivity contribution in [1.82, 2.24) is 4.98 Å². The number of aromatic nitrogens is 1. The molecule has 0 radical (unpaired) electrons. The lowest BCUT2D eigenvalue weighted by Gasteiger charge is -2.41. The standard InChI is InChI=1S/C17H23N3O2/c1-17(2,3)22-16(21)20-15-8-7-12(10-18-15)19-14-9-11-5-4-6-13(11)14/h4,6-8,10-11,13-14,19H,5,9H2,1-3H3,(H,18,20,21). The van der Waals surface area contributed by atoms with Crippen molar-refractivity contribution in [1.29, 1.82) is 0 Å². The quantitative estimate of drug-likeness (QED) is 0.833. The highest BCUT2D eigenvalue weighted by Gasteiger charge is 2.40. The average molecular weight is 301 g/mol. The summed E-state index contributed by atoms with van der Waals surface area (Å²) in [5, 5.41) is 6.14. The predicted octanol–water partition coefficient (Wildman–Crippen LogP) is 3.81. The van der Waals surface area contributed by atoms with E-state index in [2.05, 4.69) is 27.8 Å². The maximum absolute atomic E-state index is 11.7. The third kappa shape index (κ3) is 3.40. The van der Waals surface area contributed by atoms with Crippen molar-refractivity contribution < 1.29 is 9.53 Å². The van der Waals surface area contributed by atoms with Gasteiger partial charge in [0.05, 0.1) is 11.9 Å². The number of ether oxygens (including phenoxy) is 1. The summed E-state index contributed by atoms with van der Waals surface area (Å²) in [6.07, 6.45) is 8.30. The van der Waals surface area contributed by atoms with Crippen LogP contribution in [0, 0.1) is 11.8 Å². The summed E-state index contributed by atoms with van der Waals surface area (Å²) < 4.78 is 5.20. The van der Waals surface area contributed by atoms with E-state index >= 15 is 0 Å². The van der Waals surface area contributed by atoms with Crippen molar-refractivity contribution >= 4 is 17.6 Å². The first-order chi connectivity index (χ1) is 10.4. The van der Waals surface area contributed by atoms with E-state index in [9.17, 15) is 4.79 Å². The number of nitrogens with one attached hydrogen (secondary N) is 2. The molecule has 0 aliphatic heterocycles. The van der Waals surface area contributed by atoms with Crippen LogP contribution in [0.2, 0.25) is 0 Å². The van der Waals surface area contributed by atoms with Gasteiger partial charge in [0.1, 0.15) is 11.4 Å². The summed E-state index contributed by atoms with van der Waals surface area (Å²) in [5.41, 5.74) is 0.472. The molecule has 0 spiro atoms. The van der Waals surface area contributed by atoms with Crippen LogP contribution in [-0.2, 0) is 4.74 Å². The number of amides is 1. The van der Waals surface area contributed by atoms with Crippen molar-refractivity contribution in [2.75, 3.05) is 10.6 Å². The Bertz CT molecular complexity index is 575. The van der Waals surface area contributed by atoms with Gasteiger partial charge in [0.25, 0.3) is 0 Å². The number of anilines is 2. The van der Waals surface area contributed by atoms with Crippen LogP contribution in [0.15, 0.2) is 30.5 Å². The topological polar surface area (TPSA) is 63.2 Å². The number of carbonyl (C=O) groups is 1. The number of fused-ring (bicyclic) bond motifs is 1. The molecular weight excluding hydrogens is 278 g/mol. The average Bonchev–Trinajstić information content (AvgIpc) is 2.77. The van der Waals surface area contributed by atoms with E-state index in [0.717, 1.165) is 11.6 Å². The van der Waals surface area contributed by atoms with Crippen LogP contribution in [-0.4, -0.2) is 22.7 Å². The Morgan fingerprint density at radius 1 is 1.36 bits per heavy atom. The maximum Gasteiger partial charge on any atom is 0.413 e. The molecule has 1 aromatic heterocycles. The van der Waals surface area contributed by atoms with Gasteiger partial charge in [-0.1, -0.05) is 12.2 Å². The number of allylic oxidation sites excluding steroid dienone is 1. The van der Waals surface area contributed by atoms with E-state index in [0.29, 0.717) is 17.8 Å². The highest BCUT2D eigenvalue weighted by Crippen LogP contribution is 2.43. The summed E-state index contributed by atoms with van der Waals surface area (Å²) in [4.78, 5) is 15.9. The van der Waals surface area contributed by atoms with Crippen LogP contribution in [0.25, 0.3) is 0 Å². The molecule has 2 aliphatic rings. The summed E-state index contributed by atoms with van der Waals surface area (Å²) >= 11 is 0. The van der Waals surface area contributed by atoms with E-state index in [1.54, 1.807) is 12.3 Å². The van der Waals surface area contributed by atoms with Gasteiger partial charge in [-0.3, -0.25) is 5.32 Å². The Hall–Kier alpha value is -2.04. The second-order valence-corrected chi connectivity index (χ2v) is 7.05. The van der Waals surface area contributed by atoms with Gasteiger partial charge < -0.3 is 10.1 Å². The highest BCUT2D eigenvalue weighted by atomic mass is 16.6. The molecule has 1 amide bonds. The second-order valence-electron chi connectivity index (χ2n) is 7.05. The van der Waals surface area contributed by atoms with Gasteiger partial charge in [0.2, 0.25) is 0 Å². The zero-order chi connectivity index (χ0) is 15.7. The molecule has 1 fully saturated rings. The van der Waals surface area contributed by atoms with E-state index in [4.69, 9.17) is 4.74 Å². The lowest BCUT2D eigenvalue weighted by molar-refractivity contribution is 0.0635. The molecule has 22 heavy (non-hydrogen) atoms. The largest absolute Gasteiger partial charge is 0.444 e. The van der Waals surface area contributed by atoms with Crippen molar-refractivity contribution in [3.05, 3.63) is 30.5 Å². The molecule has 1 saturated carbocycles. The van der Waals surface area contributed by atoms with Gasteiger partial charge in [-0.15, -0.1) is 0 Å². The third-order valence-electron chi connectivity index (χ3n) is 4.11. The molecule has 2 N–H and O–H groups in total. The number of hydrogen-bond acceptors (Lipinski definition) is 4. The second kappa shape index (κ2) is 5.63. The molecule has 0 saturated heterocycles. The Labute approximate surface area is 131 Å². The van der Waals surface area contributed by atoms with Gasteiger partial charge in [0, 0.05) is 12.0 Å². The first-order valence-electron chi connectivity index (χ1n) is 7.80. The van der Waals surface area contributed by atoms with Crippen LogP contribution in [0.5, 0.6) is 0 Å². The lowest BCUT2D eigenvalue weighted by atomic mass is 9.71. The predicted molar refractivity (Wildman–Crippen MR) is 86.9 cm³/mol. The van der Waals surface area contributed by atoms with Crippen LogP contribution in [0.3, 0.4) is 0 Å². The smallest absolute Gasteiger partial charge is 0.413 e. The monoisotopic (exact) mass is 301 g/mol. The molecule has 3 rings (SSSR count). The minimum atomic E-state index is -0.513. The van der Waals surface area contributed by atoms with Crippen LogP contribution in [0.4, 0.5) is 16.3 Å².